The molecule has 0 saturated carbocycles. The fourth-order valence-corrected chi connectivity index (χ4v) is 0.100. The quantitative estimate of drug-likeness (QED) is 0.365. The molecule has 0 rings (SSSR count). The van der Waals surface area contributed by atoms with Crippen LogP contribution in [0.2, 0.25) is 0 Å². The Kier molecular flexibility index (Phi) is 11.1. The van der Waals surface area contributed by atoms with Gasteiger partial charge in [0, 0.05) is 33.1 Å². The van der Waals surface area contributed by atoms with Crippen LogP contribution >= 0.6 is 0 Å². The van der Waals surface area contributed by atoms with Crippen LogP contribution in [0, 0.1) is 0 Å². The first kappa shape index (κ1) is 6.38. The molecule has 0 atom stereocenters. The third kappa shape index (κ3) is 39.3. The second kappa shape index (κ2) is 15.7. The Bertz CT molecular complexity index is 127. The van der Waals surface area contributed by atoms with Crippen LogP contribution < -0.4 is 11.5 Å². The molecule has 0 unspecified atom stereocenters. The monoisotopic (exact) mass is 134 g/mol. The van der Waals surface area contributed by atoms with E-state index in [0.717, 1.165) is 0 Å². The molecular formula is C5H14N4. The third-order valence-corrected chi connectivity index (χ3v) is 0.274. The molecule has 0 fully saturated rings. The Hall–Kier alpha value is -0.740. The predicted octanol–water partition coefficient (Wildman–Crippen LogP) is -0.751. The second-order valence-corrected chi connectivity index (χ2v) is 0.907. The van der Waals surface area contributed by atoms with E-state index < -0.39 is 0 Å². The van der Waals surface area contributed by atoms with Crippen LogP contribution in [-0.2, 0) is 0 Å². The average Bonchev–Trinajstić information content (AvgIpc) is 2.03. The molecule has 0 aliphatic heterocycles. The van der Waals surface area contributed by atoms with Crippen molar-refractivity contribution in [3.05, 3.63) is 0 Å². The standard InChI is InChI=1S/C4H8N2.CH6N2/c1-5-3-4-6-2;2-1-3/h3-4H,1-2H3;1-3H2/i3T,4T;. The molecule has 54 valence electrons. The summed E-state index contributed by atoms with van der Waals surface area (Å²) in [4.78, 5) is 6.85. The van der Waals surface area contributed by atoms with Crippen molar-refractivity contribution in [1.29, 1.82) is 0 Å². The first-order valence-electron chi connectivity index (χ1n) is 3.41. The highest BCUT2D eigenvalue weighted by atomic mass is 14.7. The lowest BCUT2D eigenvalue weighted by Gasteiger charge is -1.64. The Balaban J connectivity index is 0. The fraction of sp³-hybridized carbons (Fsp3) is 0.600. The minimum absolute atomic E-state index is 0.0764. The van der Waals surface area contributed by atoms with Crippen molar-refractivity contribution in [3.8, 4) is 0 Å². The molecule has 4 N–H and O–H groups in total. The molecule has 0 aromatic heterocycles. The van der Waals surface area contributed by atoms with Gasteiger partial charge in [0.25, 0.3) is 0 Å². The van der Waals surface area contributed by atoms with Gasteiger partial charge in [-0.05, 0) is 0 Å². The number of nitrogens with zero attached hydrogens (tertiary/aromatic N) is 2. The van der Waals surface area contributed by atoms with Crippen molar-refractivity contribution in [2.45, 2.75) is 0 Å². The average molecular weight is 134 g/mol. The molecule has 0 aliphatic rings. The smallest absolute Gasteiger partial charge is 0.0851 e. The summed E-state index contributed by atoms with van der Waals surface area (Å²) in [5, 5.41) is 0. The van der Waals surface area contributed by atoms with Crippen LogP contribution in [-0.4, -0.2) is 33.1 Å². The van der Waals surface area contributed by atoms with Crippen LogP contribution in [0.15, 0.2) is 9.98 Å². The van der Waals surface area contributed by atoms with E-state index in [1.165, 1.54) is 14.1 Å². The molecular weight excluding hydrogens is 116 g/mol. The molecule has 4 heteroatoms. The van der Waals surface area contributed by atoms with Crippen molar-refractivity contribution in [2.75, 3.05) is 20.8 Å². The molecule has 0 aromatic rings. The molecule has 0 aliphatic carbocycles. The maximum atomic E-state index is 6.86. The highest BCUT2D eigenvalue weighted by Gasteiger charge is 1.49. The third-order valence-electron chi connectivity index (χ3n) is 0.274. The zero-order chi connectivity index (χ0) is 9.28. The van der Waals surface area contributed by atoms with Gasteiger partial charge >= 0.3 is 0 Å². The summed E-state index contributed by atoms with van der Waals surface area (Å²) < 4.78 is 13.7. The number of aliphatic imine (C=N–C) groups is 2. The maximum Gasteiger partial charge on any atom is 0.0851 e. The van der Waals surface area contributed by atoms with E-state index in [-0.39, 0.29) is 19.0 Å². The largest absolute Gasteiger partial charge is 0.319 e. The van der Waals surface area contributed by atoms with E-state index in [2.05, 4.69) is 21.5 Å². The van der Waals surface area contributed by atoms with Crippen LogP contribution in [0.1, 0.15) is 2.74 Å². The van der Waals surface area contributed by atoms with Gasteiger partial charge < -0.3 is 11.5 Å². The summed E-state index contributed by atoms with van der Waals surface area (Å²) in [5.41, 5.74) is 9.25. The number of rotatable bonds is 1. The summed E-state index contributed by atoms with van der Waals surface area (Å²) >= 11 is 0. The highest BCUT2D eigenvalue weighted by molar-refractivity contribution is 6.15. The van der Waals surface area contributed by atoms with Crippen LogP contribution in [0.25, 0.3) is 0 Å². The van der Waals surface area contributed by atoms with E-state index in [4.69, 9.17) is 2.74 Å². The molecule has 0 amide bonds. The first-order chi connectivity index (χ1) is 5.13. The van der Waals surface area contributed by atoms with E-state index in [1.807, 2.05) is 0 Å². The van der Waals surface area contributed by atoms with Crippen molar-refractivity contribution >= 4 is 12.4 Å². The summed E-state index contributed by atoms with van der Waals surface area (Å²) in [7, 11) is 2.92. The molecule has 0 radical (unpaired) electrons. The lowest BCUT2D eigenvalue weighted by atomic mass is 10.8. The molecule has 0 aromatic carbocycles. The minimum Gasteiger partial charge on any atom is -0.319 e. The van der Waals surface area contributed by atoms with E-state index in [0.29, 0.717) is 0 Å². The lowest BCUT2D eigenvalue weighted by molar-refractivity contribution is 1.07. The summed E-state index contributed by atoms with van der Waals surface area (Å²) in [6.45, 7) is 0.250. The van der Waals surface area contributed by atoms with Gasteiger partial charge in [-0.25, -0.2) is 0 Å². The van der Waals surface area contributed by atoms with Gasteiger partial charge in [0.2, 0.25) is 0 Å². The van der Waals surface area contributed by atoms with E-state index in [9.17, 15) is 0 Å². The van der Waals surface area contributed by atoms with Crippen LogP contribution in [0.3, 0.4) is 0 Å². The van der Waals surface area contributed by atoms with Crippen molar-refractivity contribution in [2.24, 2.45) is 21.5 Å². The first-order valence-corrected chi connectivity index (χ1v) is 2.41. The normalized spacial score (nSPS) is 15.1. The summed E-state index contributed by atoms with van der Waals surface area (Å²) in [6, 6.07) is 0. The Morgan fingerprint density at radius 3 is 1.67 bits per heavy atom. The highest BCUT2D eigenvalue weighted by Crippen LogP contribution is 1.46. The van der Waals surface area contributed by atoms with Crippen LogP contribution in [0.5, 0.6) is 0 Å². The Labute approximate surface area is 58.5 Å². The fourth-order valence-electron chi connectivity index (χ4n) is 0.100. The van der Waals surface area contributed by atoms with Gasteiger partial charge in [-0.15, -0.1) is 0 Å². The zero-order valence-corrected chi connectivity index (χ0v) is 5.76. The topological polar surface area (TPSA) is 76.8 Å². The molecule has 0 bridgehead atoms. The zero-order valence-electron chi connectivity index (χ0n) is 7.76. The van der Waals surface area contributed by atoms with E-state index in [1.54, 1.807) is 0 Å². The summed E-state index contributed by atoms with van der Waals surface area (Å²) in [5.74, 6) is 0. The number of nitrogens with two attached hydrogens (primary N) is 2. The molecule has 0 heterocycles. The minimum atomic E-state index is -0.0764. The van der Waals surface area contributed by atoms with Crippen molar-refractivity contribution in [1.82, 2.24) is 0 Å². The van der Waals surface area contributed by atoms with Gasteiger partial charge in [-0.2, -0.15) is 0 Å². The Morgan fingerprint density at radius 1 is 1.33 bits per heavy atom. The second-order valence-electron chi connectivity index (χ2n) is 0.907. The predicted molar refractivity (Wildman–Crippen MR) is 42.1 cm³/mol. The van der Waals surface area contributed by atoms with Gasteiger partial charge in [0.1, 0.15) is 0 Å². The molecule has 4 nitrogen and oxygen atoms in total. The van der Waals surface area contributed by atoms with Gasteiger partial charge in [0.05, 0.1) is 2.74 Å². The molecule has 9 heavy (non-hydrogen) atoms. The summed E-state index contributed by atoms with van der Waals surface area (Å²) in [6.07, 6.45) is -0.153. The number of hydrogen-bond donors (Lipinski definition) is 2. The molecule has 0 spiro atoms. The van der Waals surface area contributed by atoms with Crippen molar-refractivity contribution in [3.63, 3.8) is 0 Å². The van der Waals surface area contributed by atoms with Gasteiger partial charge in [-0.3, -0.25) is 9.98 Å². The SMILES string of the molecule is NCN.[3H]C(=NC)C([3H])=NC. The lowest BCUT2D eigenvalue weighted by Crippen LogP contribution is -2.08. The van der Waals surface area contributed by atoms with Crippen LogP contribution in [0.4, 0.5) is 0 Å². The Morgan fingerprint density at radius 2 is 1.56 bits per heavy atom. The van der Waals surface area contributed by atoms with Gasteiger partial charge in [0.15, 0.2) is 0 Å². The van der Waals surface area contributed by atoms with Gasteiger partial charge in [-0.1, -0.05) is 0 Å². The van der Waals surface area contributed by atoms with Crippen molar-refractivity contribution < 1.29 is 2.74 Å². The molecule has 0 saturated heterocycles. The maximum absolute atomic E-state index is 6.86. The van der Waals surface area contributed by atoms with E-state index >= 15 is 0 Å². The number of hydrogen-bond acceptors (Lipinski definition) is 4.